The summed E-state index contributed by atoms with van der Waals surface area (Å²) in [6.07, 6.45) is 0. The van der Waals surface area contributed by atoms with E-state index in [1.165, 1.54) is 0 Å². The number of piperazine rings is 2. The molecule has 98 valence electrons. The summed E-state index contributed by atoms with van der Waals surface area (Å²) >= 11 is 0. The highest BCUT2D eigenvalue weighted by Gasteiger charge is 2.36. The maximum atomic E-state index is 12.5. The van der Waals surface area contributed by atoms with Gasteiger partial charge in [0.15, 0.2) is 0 Å². The SMILES string of the molecule is N#Cc1ccc(N2CCN3CCNCC3C2=O)cc1. The van der Waals surface area contributed by atoms with Crippen molar-refractivity contribution in [2.45, 2.75) is 6.04 Å². The quantitative estimate of drug-likeness (QED) is 0.778. The predicted molar refractivity (Wildman–Crippen MR) is 71.7 cm³/mol. The number of rotatable bonds is 1. The number of carbonyl (C=O) groups is 1. The average Bonchev–Trinajstić information content (AvgIpc) is 2.48. The minimum Gasteiger partial charge on any atom is -0.313 e. The lowest BCUT2D eigenvalue weighted by molar-refractivity contribution is -0.126. The Morgan fingerprint density at radius 2 is 2.00 bits per heavy atom. The van der Waals surface area contributed by atoms with Gasteiger partial charge in [-0.25, -0.2) is 0 Å². The maximum absolute atomic E-state index is 12.5. The molecule has 1 aromatic carbocycles. The van der Waals surface area contributed by atoms with Crippen molar-refractivity contribution in [3.8, 4) is 6.07 Å². The van der Waals surface area contributed by atoms with Crippen molar-refractivity contribution in [1.29, 1.82) is 5.26 Å². The molecule has 3 rings (SSSR count). The van der Waals surface area contributed by atoms with Crippen LogP contribution in [0.5, 0.6) is 0 Å². The Hall–Kier alpha value is -1.90. The summed E-state index contributed by atoms with van der Waals surface area (Å²) in [5, 5.41) is 12.1. The lowest BCUT2D eigenvalue weighted by Crippen LogP contribution is -2.64. The highest BCUT2D eigenvalue weighted by Crippen LogP contribution is 2.21. The third-order valence-electron chi connectivity index (χ3n) is 3.82. The number of nitrogens with zero attached hydrogens (tertiary/aromatic N) is 3. The maximum Gasteiger partial charge on any atom is 0.245 e. The smallest absolute Gasteiger partial charge is 0.245 e. The van der Waals surface area contributed by atoms with E-state index in [0.29, 0.717) is 5.56 Å². The van der Waals surface area contributed by atoms with Crippen molar-refractivity contribution in [2.24, 2.45) is 0 Å². The van der Waals surface area contributed by atoms with E-state index in [9.17, 15) is 4.79 Å². The molecule has 5 nitrogen and oxygen atoms in total. The summed E-state index contributed by atoms with van der Waals surface area (Å²) in [6.45, 7) is 4.27. The first-order valence-electron chi connectivity index (χ1n) is 6.56. The Labute approximate surface area is 112 Å². The third-order valence-corrected chi connectivity index (χ3v) is 3.82. The van der Waals surface area contributed by atoms with E-state index >= 15 is 0 Å². The first-order valence-corrected chi connectivity index (χ1v) is 6.56. The topological polar surface area (TPSA) is 59.4 Å². The van der Waals surface area contributed by atoms with Crippen molar-refractivity contribution in [2.75, 3.05) is 37.6 Å². The summed E-state index contributed by atoms with van der Waals surface area (Å²) in [4.78, 5) is 16.6. The van der Waals surface area contributed by atoms with E-state index < -0.39 is 0 Å². The molecule has 0 aromatic heterocycles. The van der Waals surface area contributed by atoms with Gasteiger partial charge in [0.1, 0.15) is 6.04 Å². The fraction of sp³-hybridized carbons (Fsp3) is 0.429. The van der Waals surface area contributed by atoms with Crippen LogP contribution in [0.15, 0.2) is 24.3 Å². The number of anilines is 1. The summed E-state index contributed by atoms with van der Waals surface area (Å²) in [5.41, 5.74) is 1.50. The van der Waals surface area contributed by atoms with Gasteiger partial charge in [0.25, 0.3) is 0 Å². The fourth-order valence-electron chi connectivity index (χ4n) is 2.75. The Bertz CT molecular complexity index is 519. The summed E-state index contributed by atoms with van der Waals surface area (Å²) < 4.78 is 0. The van der Waals surface area contributed by atoms with Crippen LogP contribution >= 0.6 is 0 Å². The van der Waals surface area contributed by atoms with Crippen LogP contribution in [0.3, 0.4) is 0 Å². The summed E-state index contributed by atoms with van der Waals surface area (Å²) in [5.74, 6) is 0.156. The normalized spacial score (nSPS) is 23.8. The van der Waals surface area contributed by atoms with Crippen LogP contribution in [0.1, 0.15) is 5.56 Å². The predicted octanol–water partition coefficient (Wildman–Crippen LogP) is 0.179. The second-order valence-corrected chi connectivity index (χ2v) is 4.90. The van der Waals surface area contributed by atoms with Gasteiger partial charge in [0.05, 0.1) is 11.6 Å². The Morgan fingerprint density at radius 3 is 2.74 bits per heavy atom. The van der Waals surface area contributed by atoms with Crippen LogP contribution in [-0.2, 0) is 4.79 Å². The van der Waals surface area contributed by atoms with E-state index in [1.807, 2.05) is 17.0 Å². The highest BCUT2D eigenvalue weighted by atomic mass is 16.2. The number of amides is 1. The third kappa shape index (κ3) is 2.21. The summed E-state index contributed by atoms with van der Waals surface area (Å²) in [6, 6.07) is 9.26. The number of nitriles is 1. The van der Waals surface area contributed by atoms with Gasteiger partial charge in [0, 0.05) is 38.4 Å². The molecule has 2 saturated heterocycles. The molecule has 1 unspecified atom stereocenters. The monoisotopic (exact) mass is 256 g/mol. The van der Waals surface area contributed by atoms with Gasteiger partial charge in [-0.1, -0.05) is 0 Å². The van der Waals surface area contributed by atoms with Gasteiger partial charge in [0.2, 0.25) is 5.91 Å². The first kappa shape index (κ1) is 12.2. The van der Waals surface area contributed by atoms with Crippen molar-refractivity contribution in [1.82, 2.24) is 10.2 Å². The minimum atomic E-state index is -0.0434. The molecular weight excluding hydrogens is 240 g/mol. The standard InChI is InChI=1S/C14H16N4O/c15-9-11-1-3-12(4-2-11)18-8-7-17-6-5-16-10-13(17)14(18)19/h1-4,13,16H,5-8,10H2. The van der Waals surface area contributed by atoms with Crippen molar-refractivity contribution in [3.05, 3.63) is 29.8 Å². The van der Waals surface area contributed by atoms with E-state index in [1.54, 1.807) is 12.1 Å². The molecule has 19 heavy (non-hydrogen) atoms. The van der Waals surface area contributed by atoms with Gasteiger partial charge in [-0.3, -0.25) is 9.69 Å². The molecule has 2 aliphatic heterocycles. The van der Waals surface area contributed by atoms with Crippen molar-refractivity contribution < 1.29 is 4.79 Å². The fourth-order valence-corrected chi connectivity index (χ4v) is 2.75. The molecule has 2 fully saturated rings. The zero-order valence-corrected chi connectivity index (χ0v) is 10.7. The molecule has 2 heterocycles. The number of fused-ring (bicyclic) bond motifs is 1. The molecule has 2 aliphatic rings. The molecule has 1 aromatic rings. The molecule has 1 N–H and O–H groups in total. The van der Waals surface area contributed by atoms with Gasteiger partial charge in [-0.2, -0.15) is 5.26 Å². The molecule has 5 heteroatoms. The van der Waals surface area contributed by atoms with E-state index in [4.69, 9.17) is 5.26 Å². The lowest BCUT2D eigenvalue weighted by Gasteiger charge is -2.43. The van der Waals surface area contributed by atoms with Gasteiger partial charge < -0.3 is 10.2 Å². The van der Waals surface area contributed by atoms with Crippen molar-refractivity contribution >= 4 is 11.6 Å². The number of benzene rings is 1. The Morgan fingerprint density at radius 1 is 1.21 bits per heavy atom. The molecule has 0 bridgehead atoms. The van der Waals surface area contributed by atoms with Crippen LogP contribution in [0.2, 0.25) is 0 Å². The van der Waals surface area contributed by atoms with Crippen LogP contribution in [0.25, 0.3) is 0 Å². The molecule has 1 amide bonds. The van der Waals surface area contributed by atoms with E-state index in [2.05, 4.69) is 16.3 Å². The van der Waals surface area contributed by atoms with E-state index in [0.717, 1.165) is 38.4 Å². The van der Waals surface area contributed by atoms with Crippen molar-refractivity contribution in [3.63, 3.8) is 0 Å². The van der Waals surface area contributed by atoms with Crippen LogP contribution in [-0.4, -0.2) is 49.6 Å². The molecule has 0 radical (unpaired) electrons. The van der Waals surface area contributed by atoms with Gasteiger partial charge in [-0.15, -0.1) is 0 Å². The molecule has 1 atom stereocenters. The zero-order chi connectivity index (χ0) is 13.2. The Kier molecular flexibility index (Phi) is 3.20. The molecule has 0 saturated carbocycles. The highest BCUT2D eigenvalue weighted by molar-refractivity contribution is 5.98. The zero-order valence-electron chi connectivity index (χ0n) is 10.7. The largest absolute Gasteiger partial charge is 0.313 e. The van der Waals surface area contributed by atoms with Crippen LogP contribution in [0.4, 0.5) is 5.69 Å². The molecule has 0 spiro atoms. The number of nitrogens with one attached hydrogen (secondary N) is 1. The molecular formula is C14H16N4O. The Balaban J connectivity index is 1.81. The summed E-state index contributed by atoms with van der Waals surface area (Å²) in [7, 11) is 0. The number of carbonyl (C=O) groups excluding carboxylic acids is 1. The van der Waals surface area contributed by atoms with E-state index in [-0.39, 0.29) is 11.9 Å². The minimum absolute atomic E-state index is 0.0434. The molecule has 0 aliphatic carbocycles. The van der Waals surface area contributed by atoms with Crippen LogP contribution in [0, 0.1) is 11.3 Å². The van der Waals surface area contributed by atoms with Gasteiger partial charge in [-0.05, 0) is 24.3 Å². The van der Waals surface area contributed by atoms with Crippen LogP contribution < -0.4 is 10.2 Å². The number of hydrogen-bond donors (Lipinski definition) is 1. The average molecular weight is 256 g/mol. The second kappa shape index (κ2) is 5.00. The lowest BCUT2D eigenvalue weighted by atomic mass is 10.1. The van der Waals surface area contributed by atoms with Gasteiger partial charge >= 0.3 is 0 Å². The first-order chi connectivity index (χ1) is 9.29. The second-order valence-electron chi connectivity index (χ2n) is 4.90. The number of hydrogen-bond acceptors (Lipinski definition) is 4.